The molecule has 0 radical (unpaired) electrons. The number of benzene rings is 2. The quantitative estimate of drug-likeness (QED) is 0.252. The third kappa shape index (κ3) is 7.36. The second-order valence-electron chi connectivity index (χ2n) is 13.2. The largest absolute Gasteiger partial charge is 0.444 e. The Bertz CT molecular complexity index is 1900. The van der Waals surface area contributed by atoms with E-state index in [1.807, 2.05) is 32.9 Å². The van der Waals surface area contributed by atoms with Crippen molar-refractivity contribution in [1.29, 1.82) is 0 Å². The molecule has 3 amide bonds. The number of urea groups is 1. The van der Waals surface area contributed by atoms with Crippen LogP contribution in [0.3, 0.4) is 0 Å². The number of anilines is 1. The Morgan fingerprint density at radius 3 is 2.33 bits per heavy atom. The lowest BCUT2D eigenvalue weighted by atomic mass is 9.91. The molecule has 2 atom stereocenters. The summed E-state index contributed by atoms with van der Waals surface area (Å²) in [5.74, 6) is 0.368. The highest BCUT2D eigenvalue weighted by Gasteiger charge is 2.30. The van der Waals surface area contributed by atoms with Gasteiger partial charge in [0.05, 0.1) is 27.3 Å². The first kappa shape index (κ1) is 33.5. The number of halogens is 1. The fourth-order valence-electron chi connectivity index (χ4n) is 6.19. The van der Waals surface area contributed by atoms with Crippen molar-refractivity contribution in [3.63, 3.8) is 0 Å². The Morgan fingerprint density at radius 1 is 0.938 bits per heavy atom. The standard InChI is InChI=1S/C34H40ClN7O5S/c1-34(2,3)47-33(44)41-18-16-40(17-19-41)32(43)38-24-11-9-10-23(20-24)37-31-36-21-28(35)30(39-31)27-22-42(29-15-8-7-14-26(27)29)48(45,46)25-12-5-4-6-13-25/h4-8,12-15,21-24H,9-11,16-20H2,1-3H3,(H,38,43)(H,36,37,39)/t23?,24-/m0/s1. The van der Waals surface area contributed by atoms with Crippen LogP contribution < -0.4 is 10.6 Å². The van der Waals surface area contributed by atoms with Crippen LogP contribution in [0.15, 0.2) is 71.9 Å². The number of hydrogen-bond acceptors (Lipinski definition) is 8. The molecule has 2 N–H and O–H groups in total. The highest BCUT2D eigenvalue weighted by molar-refractivity contribution is 7.90. The minimum atomic E-state index is -3.88. The zero-order valence-electron chi connectivity index (χ0n) is 27.2. The molecule has 14 heteroatoms. The predicted molar refractivity (Wildman–Crippen MR) is 185 cm³/mol. The Labute approximate surface area is 285 Å². The van der Waals surface area contributed by atoms with E-state index in [0.29, 0.717) is 65.7 Å². The van der Waals surface area contributed by atoms with Crippen LogP contribution >= 0.6 is 11.6 Å². The summed E-state index contributed by atoms with van der Waals surface area (Å²) in [7, 11) is -3.88. The molecule has 2 aromatic heterocycles. The van der Waals surface area contributed by atoms with Crippen molar-refractivity contribution in [1.82, 2.24) is 29.1 Å². The predicted octanol–water partition coefficient (Wildman–Crippen LogP) is 5.97. The smallest absolute Gasteiger partial charge is 0.410 e. The molecule has 0 spiro atoms. The Hall–Kier alpha value is -4.36. The van der Waals surface area contributed by atoms with Crippen molar-refractivity contribution in [2.45, 2.75) is 69.0 Å². The lowest BCUT2D eigenvalue weighted by Crippen LogP contribution is -2.55. The van der Waals surface area contributed by atoms with Gasteiger partial charge in [0.25, 0.3) is 10.0 Å². The average molecular weight is 694 g/mol. The third-order valence-electron chi connectivity index (χ3n) is 8.53. The minimum Gasteiger partial charge on any atom is -0.444 e. The number of ether oxygens (including phenoxy) is 1. The maximum Gasteiger partial charge on any atom is 0.410 e. The average Bonchev–Trinajstić information content (AvgIpc) is 3.46. The van der Waals surface area contributed by atoms with Gasteiger partial charge in [0, 0.05) is 55.4 Å². The maximum atomic E-state index is 13.6. The second-order valence-corrected chi connectivity index (χ2v) is 15.4. The maximum absolute atomic E-state index is 13.6. The number of carbonyl (C=O) groups is 2. The van der Waals surface area contributed by atoms with Crippen LogP contribution in [0.25, 0.3) is 22.2 Å². The zero-order valence-corrected chi connectivity index (χ0v) is 28.8. The minimum absolute atomic E-state index is 0.00175. The lowest BCUT2D eigenvalue weighted by Gasteiger charge is -2.37. The first-order chi connectivity index (χ1) is 22.9. The molecule has 0 bridgehead atoms. The molecule has 2 aliphatic rings. The Kier molecular flexibility index (Phi) is 9.53. The number of fused-ring (bicyclic) bond motifs is 1. The highest BCUT2D eigenvalue weighted by atomic mass is 35.5. The van der Waals surface area contributed by atoms with E-state index < -0.39 is 15.6 Å². The molecule has 2 aromatic carbocycles. The third-order valence-corrected chi connectivity index (χ3v) is 10.5. The normalized spacial score (nSPS) is 18.8. The summed E-state index contributed by atoms with van der Waals surface area (Å²) in [6.07, 6.45) is 6.02. The van der Waals surface area contributed by atoms with Gasteiger partial charge in [0.15, 0.2) is 0 Å². The number of amides is 3. The van der Waals surface area contributed by atoms with Gasteiger partial charge in [0.1, 0.15) is 5.60 Å². The van der Waals surface area contributed by atoms with E-state index in [9.17, 15) is 18.0 Å². The number of rotatable bonds is 6. The molecule has 254 valence electrons. The zero-order chi connectivity index (χ0) is 34.1. The molecule has 1 unspecified atom stereocenters. The summed E-state index contributed by atoms with van der Waals surface area (Å²) >= 11 is 6.63. The number of aromatic nitrogens is 3. The van der Waals surface area contributed by atoms with E-state index in [1.54, 1.807) is 58.5 Å². The van der Waals surface area contributed by atoms with E-state index in [-0.39, 0.29) is 29.1 Å². The molecule has 1 aliphatic carbocycles. The SMILES string of the molecule is CC(C)(C)OC(=O)N1CCN(C(=O)N[C@H]2CCCC(Nc3ncc(Cl)c(-c4cn(S(=O)(=O)c5ccccc5)c5ccccc45)n3)C2)CC1. The first-order valence-electron chi connectivity index (χ1n) is 16.1. The van der Waals surface area contributed by atoms with Crippen molar-refractivity contribution in [2.75, 3.05) is 31.5 Å². The van der Waals surface area contributed by atoms with E-state index in [0.717, 1.165) is 19.3 Å². The number of carbonyl (C=O) groups excluding carboxylic acids is 2. The molecular formula is C34H40ClN7O5S. The Balaban J connectivity index is 1.13. The van der Waals surface area contributed by atoms with E-state index in [1.165, 1.54) is 10.2 Å². The monoisotopic (exact) mass is 693 g/mol. The number of hydrogen-bond donors (Lipinski definition) is 2. The summed E-state index contributed by atoms with van der Waals surface area (Å²) in [4.78, 5) is 38.3. The number of nitrogens with one attached hydrogen (secondary N) is 2. The van der Waals surface area contributed by atoms with Gasteiger partial charge in [-0.15, -0.1) is 0 Å². The topological polar surface area (TPSA) is 139 Å². The molecule has 1 aliphatic heterocycles. The van der Waals surface area contributed by atoms with Crippen LogP contribution in [-0.4, -0.2) is 88.1 Å². The van der Waals surface area contributed by atoms with Crippen molar-refractivity contribution in [3.8, 4) is 11.3 Å². The lowest BCUT2D eigenvalue weighted by molar-refractivity contribution is 0.0168. The van der Waals surface area contributed by atoms with Gasteiger partial charge in [-0.3, -0.25) is 0 Å². The Morgan fingerprint density at radius 2 is 1.60 bits per heavy atom. The molecule has 1 saturated heterocycles. The van der Waals surface area contributed by atoms with Gasteiger partial charge in [-0.25, -0.2) is 31.9 Å². The van der Waals surface area contributed by atoms with E-state index >= 15 is 0 Å². The van der Waals surface area contributed by atoms with Gasteiger partial charge in [-0.05, 0) is 64.7 Å². The molecule has 3 heterocycles. The van der Waals surface area contributed by atoms with Crippen LogP contribution in [0.4, 0.5) is 15.5 Å². The molecular weight excluding hydrogens is 654 g/mol. The fourth-order valence-corrected chi connectivity index (χ4v) is 7.77. The van der Waals surface area contributed by atoms with Crippen LogP contribution in [-0.2, 0) is 14.8 Å². The van der Waals surface area contributed by atoms with E-state index in [2.05, 4.69) is 15.6 Å². The van der Waals surface area contributed by atoms with Crippen LogP contribution in [0.2, 0.25) is 5.02 Å². The van der Waals surface area contributed by atoms with Gasteiger partial charge in [-0.1, -0.05) is 48.0 Å². The summed E-state index contributed by atoms with van der Waals surface area (Å²) in [5.41, 5.74) is 0.930. The summed E-state index contributed by atoms with van der Waals surface area (Å²) < 4.78 is 34.0. The molecule has 2 fully saturated rings. The van der Waals surface area contributed by atoms with Crippen LogP contribution in [0.5, 0.6) is 0 Å². The highest BCUT2D eigenvalue weighted by Crippen LogP contribution is 2.36. The number of piperazine rings is 1. The first-order valence-corrected chi connectivity index (χ1v) is 17.9. The van der Waals surface area contributed by atoms with Crippen molar-refractivity contribution < 1.29 is 22.7 Å². The molecule has 6 rings (SSSR count). The molecule has 12 nitrogen and oxygen atoms in total. The van der Waals surface area contributed by atoms with Gasteiger partial charge >= 0.3 is 12.1 Å². The number of para-hydroxylation sites is 1. The number of nitrogens with zero attached hydrogens (tertiary/aromatic N) is 5. The van der Waals surface area contributed by atoms with Crippen LogP contribution in [0.1, 0.15) is 46.5 Å². The summed E-state index contributed by atoms with van der Waals surface area (Å²) in [6.45, 7) is 7.21. The fraction of sp³-hybridized carbons (Fsp3) is 0.412. The van der Waals surface area contributed by atoms with Crippen molar-refractivity contribution in [3.05, 3.63) is 72.0 Å². The van der Waals surface area contributed by atoms with Gasteiger partial charge in [0.2, 0.25) is 5.95 Å². The second kappa shape index (κ2) is 13.6. The van der Waals surface area contributed by atoms with Crippen LogP contribution in [0, 0.1) is 0 Å². The summed E-state index contributed by atoms with van der Waals surface area (Å²) in [5, 5.41) is 7.58. The molecule has 4 aromatic rings. The van der Waals surface area contributed by atoms with Gasteiger partial charge < -0.3 is 25.2 Å². The van der Waals surface area contributed by atoms with Crippen molar-refractivity contribution >= 4 is 50.6 Å². The van der Waals surface area contributed by atoms with E-state index in [4.69, 9.17) is 21.3 Å². The molecule has 1 saturated carbocycles. The van der Waals surface area contributed by atoms with Crippen molar-refractivity contribution in [2.24, 2.45) is 0 Å². The molecule has 48 heavy (non-hydrogen) atoms. The van der Waals surface area contributed by atoms with Gasteiger partial charge in [-0.2, -0.15) is 0 Å². The summed E-state index contributed by atoms with van der Waals surface area (Å²) in [6, 6.07) is 15.3.